The Hall–Kier alpha value is -4.03. The van der Waals surface area contributed by atoms with Gasteiger partial charge in [-0.1, -0.05) is 68.7 Å². The maximum Gasteiger partial charge on any atom is 0.263 e. The number of rotatable bonds is 13. The summed E-state index contributed by atoms with van der Waals surface area (Å²) in [6.07, 6.45) is 3.87. The van der Waals surface area contributed by atoms with Crippen LogP contribution in [0.3, 0.4) is 0 Å². The summed E-state index contributed by atoms with van der Waals surface area (Å²) < 4.78 is 41.0. The molecule has 3 heterocycles. The van der Waals surface area contributed by atoms with Crippen LogP contribution in [0.15, 0.2) is 56.9 Å². The van der Waals surface area contributed by atoms with E-state index in [-0.39, 0.29) is 35.1 Å². The van der Waals surface area contributed by atoms with E-state index in [1.54, 1.807) is 47.9 Å². The Morgan fingerprint density at radius 1 is 1.12 bits per heavy atom. The molecule has 1 aromatic heterocycles. The molecule has 1 saturated heterocycles. The van der Waals surface area contributed by atoms with Crippen molar-refractivity contribution in [3.05, 3.63) is 64.9 Å². The summed E-state index contributed by atoms with van der Waals surface area (Å²) in [4.78, 5) is 35.9. The van der Waals surface area contributed by atoms with Crippen LogP contribution in [-0.2, 0) is 37.5 Å². The molecule has 258 valence electrons. The van der Waals surface area contributed by atoms with E-state index < -0.39 is 15.6 Å². The Morgan fingerprint density at radius 3 is 2.58 bits per heavy atom. The number of ether oxygens (including phenoxy) is 1. The fourth-order valence-corrected chi connectivity index (χ4v) is 7.69. The largest absolute Gasteiger partial charge is 0.377 e. The molecule has 48 heavy (non-hydrogen) atoms. The molecule has 2 aromatic carbocycles. The smallest absolute Gasteiger partial charge is 0.263 e. The lowest BCUT2D eigenvalue weighted by Crippen LogP contribution is -2.55. The minimum Gasteiger partial charge on any atom is -0.377 e. The Kier molecular flexibility index (Phi) is 10.7. The van der Waals surface area contributed by atoms with Crippen LogP contribution in [0.4, 0.5) is 5.82 Å². The highest BCUT2D eigenvalue weighted by Crippen LogP contribution is 2.37. The second kappa shape index (κ2) is 14.6. The molecule has 2 aliphatic rings. The fraction of sp³-hybridized carbons (Fsp3) is 0.500. The number of aryl methyl sites for hydroxylation is 1. The lowest BCUT2D eigenvalue weighted by molar-refractivity contribution is -0.140. The zero-order valence-corrected chi connectivity index (χ0v) is 29.7. The minimum atomic E-state index is -4.03. The van der Waals surface area contributed by atoms with Gasteiger partial charge in [-0.2, -0.15) is 0 Å². The lowest BCUT2D eigenvalue weighted by Gasteiger charge is -2.38. The SMILES string of the molecule is CCCCC1=NC2(CCCN(C(=O)C(C)C)C2)C(=O)N1Cc1ccc(-c2ccccc2S(=O)(=O)Nc2noc(C)c2C)c(COCC)c1. The molecule has 0 bridgehead atoms. The number of nitrogens with zero attached hydrogens (tertiary/aromatic N) is 4. The monoisotopic (exact) mass is 677 g/mol. The van der Waals surface area contributed by atoms with E-state index in [1.165, 1.54) is 0 Å². The van der Waals surface area contributed by atoms with Crippen molar-refractivity contribution in [2.45, 2.75) is 97.2 Å². The molecule has 12 heteroatoms. The van der Waals surface area contributed by atoms with Crippen LogP contribution in [0.5, 0.6) is 0 Å². The molecule has 0 radical (unpaired) electrons. The first-order valence-electron chi connectivity index (χ1n) is 16.8. The van der Waals surface area contributed by atoms with Crippen molar-refractivity contribution in [3.8, 4) is 11.1 Å². The number of benzene rings is 2. The number of amides is 2. The number of nitrogens with one attached hydrogen (secondary N) is 1. The number of likely N-dealkylation sites (tertiary alicyclic amines) is 1. The van der Waals surface area contributed by atoms with E-state index in [0.717, 1.165) is 36.2 Å². The highest BCUT2D eigenvalue weighted by Gasteiger charge is 2.51. The normalized spacial score (nSPS) is 18.2. The van der Waals surface area contributed by atoms with Gasteiger partial charge in [0.05, 0.1) is 24.6 Å². The number of aromatic nitrogens is 1. The molecule has 0 aliphatic carbocycles. The molecule has 1 unspecified atom stereocenters. The van der Waals surface area contributed by atoms with Crippen LogP contribution >= 0.6 is 0 Å². The van der Waals surface area contributed by atoms with Gasteiger partial charge in [-0.3, -0.25) is 24.2 Å². The van der Waals surface area contributed by atoms with Crippen molar-refractivity contribution in [3.63, 3.8) is 0 Å². The lowest BCUT2D eigenvalue weighted by atomic mass is 9.88. The predicted octanol–water partition coefficient (Wildman–Crippen LogP) is 6.24. The van der Waals surface area contributed by atoms with Gasteiger partial charge in [0.2, 0.25) is 5.91 Å². The van der Waals surface area contributed by atoms with E-state index in [9.17, 15) is 18.0 Å². The van der Waals surface area contributed by atoms with Crippen LogP contribution in [0.1, 0.15) is 82.2 Å². The first-order chi connectivity index (χ1) is 22.9. The predicted molar refractivity (Wildman–Crippen MR) is 185 cm³/mol. The molecule has 3 aromatic rings. The average Bonchev–Trinajstić information content (AvgIpc) is 3.51. The van der Waals surface area contributed by atoms with Crippen LogP contribution < -0.4 is 4.72 Å². The molecule has 1 N–H and O–H groups in total. The molecule has 2 amide bonds. The number of piperidine rings is 1. The Bertz CT molecular complexity index is 1800. The molecule has 1 atom stereocenters. The van der Waals surface area contributed by atoms with Crippen molar-refractivity contribution in [1.82, 2.24) is 15.0 Å². The number of carbonyl (C=O) groups excluding carboxylic acids is 2. The van der Waals surface area contributed by atoms with Gasteiger partial charge in [0.25, 0.3) is 15.9 Å². The number of amidine groups is 1. The summed E-state index contributed by atoms with van der Waals surface area (Å²) in [6, 6.07) is 12.6. The molecule has 1 spiro atoms. The number of unbranched alkanes of at least 4 members (excludes halogenated alkanes) is 1. The van der Waals surface area contributed by atoms with Gasteiger partial charge in [0.1, 0.15) is 11.6 Å². The van der Waals surface area contributed by atoms with Crippen LogP contribution in [0.25, 0.3) is 11.1 Å². The number of hydrogen-bond acceptors (Lipinski definition) is 8. The van der Waals surface area contributed by atoms with Gasteiger partial charge in [0, 0.05) is 36.6 Å². The van der Waals surface area contributed by atoms with Crippen molar-refractivity contribution in [1.29, 1.82) is 0 Å². The van der Waals surface area contributed by atoms with E-state index in [4.69, 9.17) is 14.3 Å². The van der Waals surface area contributed by atoms with E-state index in [0.29, 0.717) is 61.5 Å². The topological polar surface area (TPSA) is 134 Å². The molecule has 5 rings (SSSR count). The first kappa shape index (κ1) is 35.3. The van der Waals surface area contributed by atoms with Crippen LogP contribution in [-0.4, -0.2) is 66.3 Å². The number of anilines is 1. The number of aliphatic imine (C=N–C) groups is 1. The zero-order chi connectivity index (χ0) is 34.6. The highest BCUT2D eigenvalue weighted by atomic mass is 32.2. The second-order valence-electron chi connectivity index (χ2n) is 13.0. The second-order valence-corrected chi connectivity index (χ2v) is 14.7. The van der Waals surface area contributed by atoms with Crippen LogP contribution in [0, 0.1) is 19.8 Å². The maximum atomic E-state index is 14.2. The number of hydrogen-bond donors (Lipinski definition) is 1. The van der Waals surface area contributed by atoms with Crippen molar-refractivity contribution >= 4 is 33.5 Å². The van der Waals surface area contributed by atoms with Gasteiger partial charge in [-0.15, -0.1) is 0 Å². The molecule has 1 fully saturated rings. The van der Waals surface area contributed by atoms with Crippen molar-refractivity contribution in [2.75, 3.05) is 24.4 Å². The molecular formula is C36H47N5O6S. The van der Waals surface area contributed by atoms with Gasteiger partial charge in [-0.05, 0) is 62.8 Å². The summed E-state index contributed by atoms with van der Waals surface area (Å²) in [5, 5.41) is 3.88. The number of carbonyl (C=O) groups is 2. The third kappa shape index (κ3) is 7.19. The summed E-state index contributed by atoms with van der Waals surface area (Å²) in [5.74, 6) is 1.28. The average molecular weight is 678 g/mol. The first-order valence-corrected chi connectivity index (χ1v) is 18.3. The minimum absolute atomic E-state index is 0.0468. The quantitative estimate of drug-likeness (QED) is 0.226. The Labute approximate surface area is 283 Å². The Morgan fingerprint density at radius 2 is 1.90 bits per heavy atom. The molecule has 11 nitrogen and oxygen atoms in total. The summed E-state index contributed by atoms with van der Waals surface area (Å²) in [7, 11) is -4.03. The van der Waals surface area contributed by atoms with Crippen molar-refractivity contribution < 1.29 is 27.3 Å². The molecule has 2 aliphatic heterocycles. The van der Waals surface area contributed by atoms with Gasteiger partial charge >= 0.3 is 0 Å². The van der Waals surface area contributed by atoms with E-state index in [1.807, 2.05) is 39.0 Å². The van der Waals surface area contributed by atoms with E-state index in [2.05, 4.69) is 16.8 Å². The fourth-order valence-electron chi connectivity index (χ4n) is 6.41. The summed E-state index contributed by atoms with van der Waals surface area (Å²) in [6.45, 7) is 13.2. The highest BCUT2D eigenvalue weighted by molar-refractivity contribution is 7.92. The Balaban J connectivity index is 1.48. The van der Waals surface area contributed by atoms with Crippen molar-refractivity contribution in [2.24, 2.45) is 10.9 Å². The third-order valence-electron chi connectivity index (χ3n) is 9.16. The standard InChI is InChI=1S/C36H47N5O6S/c1-7-9-15-32-37-36(18-12-19-40(23-36)34(42)24(3)4)35(43)41(32)21-27-16-17-29(28(20-27)22-46-8-2)30-13-10-11-14-31(30)48(44,45)39-33-25(5)26(6)47-38-33/h10-11,13-14,16-17,20,24H,7-9,12,15,18-19,21-23H2,1-6H3,(H,38,39). The number of sulfonamides is 1. The van der Waals surface area contributed by atoms with Gasteiger partial charge in [-0.25, -0.2) is 8.42 Å². The molecular weight excluding hydrogens is 630 g/mol. The molecule has 0 saturated carbocycles. The summed E-state index contributed by atoms with van der Waals surface area (Å²) >= 11 is 0. The van der Waals surface area contributed by atoms with Gasteiger partial charge in [0.15, 0.2) is 11.4 Å². The summed E-state index contributed by atoms with van der Waals surface area (Å²) in [5.41, 5.74) is 2.56. The third-order valence-corrected chi connectivity index (χ3v) is 10.6. The van der Waals surface area contributed by atoms with Gasteiger partial charge < -0.3 is 14.2 Å². The zero-order valence-electron chi connectivity index (χ0n) is 28.8. The maximum absolute atomic E-state index is 14.2. The van der Waals surface area contributed by atoms with E-state index >= 15 is 0 Å². The van der Waals surface area contributed by atoms with Crippen LogP contribution in [0.2, 0.25) is 0 Å².